The number of aryl methyl sites for hydroxylation is 2. The topological polar surface area (TPSA) is 42.0 Å². The first-order chi connectivity index (χ1) is 8.60. The Hall–Kier alpha value is -1.33. The van der Waals surface area contributed by atoms with Crippen LogP contribution in [0.25, 0.3) is 0 Å². The molecule has 3 nitrogen and oxygen atoms in total. The van der Waals surface area contributed by atoms with Crippen molar-refractivity contribution < 1.29 is 4.79 Å². The number of nitrogens with one attached hydrogen (secondary N) is 1. The van der Waals surface area contributed by atoms with Crippen LogP contribution >= 0.6 is 23.1 Å². The zero-order valence-corrected chi connectivity index (χ0v) is 12.1. The van der Waals surface area contributed by atoms with Gasteiger partial charge in [-0.3, -0.25) is 10.1 Å². The first-order valence-electron chi connectivity index (χ1n) is 5.48. The number of thiazole rings is 1. The highest BCUT2D eigenvalue weighted by atomic mass is 32.2. The molecule has 94 valence electrons. The number of carbonyl (C=O) groups is 1. The van der Waals surface area contributed by atoms with Gasteiger partial charge in [0, 0.05) is 15.8 Å². The summed E-state index contributed by atoms with van der Waals surface area (Å²) in [6.45, 7) is 3.85. The lowest BCUT2D eigenvalue weighted by Gasteiger charge is -2.07. The number of hydrogen-bond acceptors (Lipinski definition) is 4. The fourth-order valence-corrected chi connectivity index (χ4v) is 2.67. The molecule has 0 bridgehead atoms. The second-order valence-corrected chi connectivity index (χ2v) is 5.67. The third kappa shape index (κ3) is 2.91. The lowest BCUT2D eigenvalue weighted by Crippen LogP contribution is -2.13. The van der Waals surface area contributed by atoms with Crippen LogP contribution in [0.5, 0.6) is 0 Å². The van der Waals surface area contributed by atoms with Crippen molar-refractivity contribution >= 4 is 34.1 Å². The van der Waals surface area contributed by atoms with Gasteiger partial charge in [-0.15, -0.1) is 23.1 Å². The second-order valence-electron chi connectivity index (χ2n) is 3.93. The molecule has 0 spiro atoms. The molecule has 0 radical (unpaired) electrons. The van der Waals surface area contributed by atoms with E-state index < -0.39 is 0 Å². The molecule has 0 fully saturated rings. The van der Waals surface area contributed by atoms with Crippen LogP contribution < -0.4 is 5.32 Å². The summed E-state index contributed by atoms with van der Waals surface area (Å²) >= 11 is 3.07. The molecule has 0 atom stereocenters. The average molecular weight is 278 g/mol. The van der Waals surface area contributed by atoms with E-state index >= 15 is 0 Å². The highest BCUT2D eigenvalue weighted by molar-refractivity contribution is 7.98. The van der Waals surface area contributed by atoms with E-state index in [-0.39, 0.29) is 5.91 Å². The van der Waals surface area contributed by atoms with Crippen LogP contribution in [-0.4, -0.2) is 17.1 Å². The fraction of sp³-hybridized carbons (Fsp3) is 0.231. The van der Waals surface area contributed by atoms with E-state index in [4.69, 9.17) is 0 Å². The maximum absolute atomic E-state index is 12.2. The average Bonchev–Trinajstić information content (AvgIpc) is 2.75. The third-order valence-electron chi connectivity index (χ3n) is 2.53. The first-order valence-corrected chi connectivity index (χ1v) is 7.58. The molecule has 0 unspecified atom stereocenters. The Kier molecular flexibility index (Phi) is 4.04. The molecule has 0 saturated heterocycles. The van der Waals surface area contributed by atoms with E-state index in [2.05, 4.69) is 10.3 Å². The molecule has 0 saturated carbocycles. The smallest absolute Gasteiger partial charge is 0.257 e. The Morgan fingerprint density at radius 2 is 2.17 bits per heavy atom. The summed E-state index contributed by atoms with van der Waals surface area (Å²) in [6, 6.07) is 5.90. The number of anilines is 1. The van der Waals surface area contributed by atoms with Crippen LogP contribution in [-0.2, 0) is 0 Å². The van der Waals surface area contributed by atoms with Gasteiger partial charge < -0.3 is 0 Å². The molecule has 18 heavy (non-hydrogen) atoms. The van der Waals surface area contributed by atoms with Crippen molar-refractivity contribution in [1.29, 1.82) is 0 Å². The summed E-state index contributed by atoms with van der Waals surface area (Å²) in [5, 5.41) is 5.39. The molecule has 1 aromatic carbocycles. The van der Waals surface area contributed by atoms with Gasteiger partial charge in [0.15, 0.2) is 5.13 Å². The lowest BCUT2D eigenvalue weighted by atomic mass is 10.1. The minimum absolute atomic E-state index is 0.0993. The van der Waals surface area contributed by atoms with E-state index in [1.165, 1.54) is 11.3 Å². The molecule has 0 aliphatic carbocycles. The Bertz CT molecular complexity index is 578. The number of thioether (sulfide) groups is 1. The van der Waals surface area contributed by atoms with Crippen LogP contribution in [0.4, 0.5) is 5.13 Å². The van der Waals surface area contributed by atoms with Crippen LogP contribution in [0.3, 0.4) is 0 Å². The maximum Gasteiger partial charge on any atom is 0.257 e. The Labute approximate surface area is 115 Å². The standard InChI is InChI=1S/C13H14N2OS2/c1-8-4-5-10(17-3)6-11(8)12(16)15-13-14-9(2)7-18-13/h4-7H,1-3H3,(H,14,15,16). The van der Waals surface area contributed by atoms with Gasteiger partial charge in [-0.25, -0.2) is 4.98 Å². The van der Waals surface area contributed by atoms with E-state index in [0.717, 1.165) is 16.2 Å². The van der Waals surface area contributed by atoms with Crippen LogP contribution in [0.1, 0.15) is 21.6 Å². The fourth-order valence-electron chi connectivity index (χ4n) is 1.55. The Morgan fingerprint density at radius 1 is 1.39 bits per heavy atom. The van der Waals surface area contributed by atoms with Crippen molar-refractivity contribution in [3.8, 4) is 0 Å². The van der Waals surface area contributed by atoms with Gasteiger partial charge in [-0.1, -0.05) is 6.07 Å². The Morgan fingerprint density at radius 3 is 2.78 bits per heavy atom. The zero-order chi connectivity index (χ0) is 13.1. The molecule has 2 rings (SSSR count). The molecule has 1 heterocycles. The monoisotopic (exact) mass is 278 g/mol. The minimum atomic E-state index is -0.0993. The SMILES string of the molecule is CSc1ccc(C)c(C(=O)Nc2nc(C)cs2)c1. The molecule has 0 aliphatic heterocycles. The van der Waals surface area contributed by atoms with E-state index in [1.54, 1.807) is 11.8 Å². The van der Waals surface area contributed by atoms with E-state index in [9.17, 15) is 4.79 Å². The highest BCUT2D eigenvalue weighted by Crippen LogP contribution is 2.21. The van der Waals surface area contributed by atoms with Gasteiger partial charge in [-0.2, -0.15) is 0 Å². The molecule has 1 amide bonds. The maximum atomic E-state index is 12.2. The predicted octanol–water partition coefficient (Wildman–Crippen LogP) is 3.73. The van der Waals surface area contributed by atoms with Gasteiger partial charge >= 0.3 is 0 Å². The molecule has 1 N–H and O–H groups in total. The molecule has 0 aliphatic rings. The van der Waals surface area contributed by atoms with Crippen LogP contribution in [0.2, 0.25) is 0 Å². The zero-order valence-electron chi connectivity index (χ0n) is 10.5. The predicted molar refractivity (Wildman–Crippen MR) is 77.8 cm³/mol. The molecule has 5 heteroatoms. The number of rotatable bonds is 3. The van der Waals surface area contributed by atoms with Gasteiger partial charge in [0.25, 0.3) is 5.91 Å². The molecule has 1 aromatic heterocycles. The second kappa shape index (κ2) is 5.54. The van der Waals surface area contributed by atoms with Crippen molar-refractivity contribution in [3.05, 3.63) is 40.4 Å². The van der Waals surface area contributed by atoms with Gasteiger partial charge in [-0.05, 0) is 37.8 Å². The number of carbonyl (C=O) groups excluding carboxylic acids is 1. The highest BCUT2D eigenvalue weighted by Gasteiger charge is 2.11. The first kappa shape index (κ1) is 13.1. The largest absolute Gasteiger partial charge is 0.298 e. The summed E-state index contributed by atoms with van der Waals surface area (Å²) < 4.78 is 0. The van der Waals surface area contributed by atoms with Crippen molar-refractivity contribution in [3.63, 3.8) is 0 Å². The van der Waals surface area contributed by atoms with Crippen LogP contribution in [0, 0.1) is 13.8 Å². The summed E-state index contributed by atoms with van der Waals surface area (Å²) in [6.07, 6.45) is 2.00. The number of benzene rings is 1. The van der Waals surface area contributed by atoms with Gasteiger partial charge in [0.1, 0.15) is 0 Å². The van der Waals surface area contributed by atoms with Crippen molar-refractivity contribution in [1.82, 2.24) is 4.98 Å². The number of aromatic nitrogens is 1. The summed E-state index contributed by atoms with van der Waals surface area (Å²) in [5.74, 6) is -0.0993. The number of nitrogens with zero attached hydrogens (tertiary/aromatic N) is 1. The lowest BCUT2D eigenvalue weighted by molar-refractivity contribution is 0.102. The number of hydrogen-bond donors (Lipinski definition) is 1. The van der Waals surface area contributed by atoms with E-state index in [0.29, 0.717) is 10.7 Å². The normalized spacial score (nSPS) is 10.4. The van der Waals surface area contributed by atoms with Crippen molar-refractivity contribution in [2.75, 3.05) is 11.6 Å². The quantitative estimate of drug-likeness (QED) is 0.870. The molecular weight excluding hydrogens is 264 g/mol. The molecular formula is C13H14N2OS2. The molecule has 2 aromatic rings. The van der Waals surface area contributed by atoms with Gasteiger partial charge in [0.05, 0.1) is 5.69 Å². The summed E-state index contributed by atoms with van der Waals surface area (Å²) in [4.78, 5) is 17.5. The van der Waals surface area contributed by atoms with E-state index in [1.807, 2.05) is 43.7 Å². The van der Waals surface area contributed by atoms with Gasteiger partial charge in [0.2, 0.25) is 0 Å². The minimum Gasteiger partial charge on any atom is -0.298 e. The summed E-state index contributed by atoms with van der Waals surface area (Å²) in [5.41, 5.74) is 2.60. The summed E-state index contributed by atoms with van der Waals surface area (Å²) in [7, 11) is 0. The number of amides is 1. The third-order valence-corrected chi connectivity index (χ3v) is 4.13. The van der Waals surface area contributed by atoms with Crippen molar-refractivity contribution in [2.45, 2.75) is 18.7 Å². The Balaban J connectivity index is 2.23. The van der Waals surface area contributed by atoms with Crippen molar-refractivity contribution in [2.24, 2.45) is 0 Å². The van der Waals surface area contributed by atoms with Crippen LogP contribution in [0.15, 0.2) is 28.5 Å².